The molecule has 1 aliphatic heterocycles. The van der Waals surface area contributed by atoms with Crippen molar-refractivity contribution in [1.82, 2.24) is 4.90 Å². The number of para-hydroxylation sites is 1. The van der Waals surface area contributed by atoms with Crippen LogP contribution in [0, 0.1) is 0 Å². The first-order valence-corrected chi connectivity index (χ1v) is 9.62. The second-order valence-corrected chi connectivity index (χ2v) is 7.53. The number of amides is 1. The molecule has 1 fully saturated rings. The van der Waals surface area contributed by atoms with Crippen LogP contribution in [0.15, 0.2) is 24.3 Å². The second kappa shape index (κ2) is 7.79. The lowest BCUT2D eigenvalue weighted by Gasteiger charge is -2.33. The summed E-state index contributed by atoms with van der Waals surface area (Å²) < 4.78 is 31.7. The van der Waals surface area contributed by atoms with Crippen molar-refractivity contribution in [2.45, 2.75) is 32.8 Å². The lowest BCUT2D eigenvalue weighted by molar-refractivity contribution is 0.00728. The van der Waals surface area contributed by atoms with E-state index in [1.807, 2.05) is 6.92 Å². The van der Waals surface area contributed by atoms with Crippen molar-refractivity contribution in [2.24, 2.45) is 0 Å². The number of likely N-dealkylation sites (tertiary alicyclic amines) is 1. The van der Waals surface area contributed by atoms with Gasteiger partial charge in [0, 0.05) is 19.7 Å². The maximum atomic E-state index is 12.8. The van der Waals surface area contributed by atoms with Crippen LogP contribution < -0.4 is 4.72 Å². The molecular formula is C16H24N2O4S. The molecule has 1 saturated heterocycles. The van der Waals surface area contributed by atoms with E-state index in [-0.39, 0.29) is 17.8 Å². The minimum atomic E-state index is -3.42. The smallest absolute Gasteiger partial charge is 0.256 e. The molecule has 0 saturated carbocycles. The molecule has 0 aromatic heterocycles. The van der Waals surface area contributed by atoms with Crippen LogP contribution in [-0.2, 0) is 14.8 Å². The molecule has 1 aromatic carbocycles. The SMILES string of the molecule is CCO[C@@H]1CCCN(C(=O)c2ccccc2NS(=O)(=O)CC)C1. The molecule has 0 radical (unpaired) electrons. The summed E-state index contributed by atoms with van der Waals surface area (Å²) in [6.45, 7) is 5.33. The number of hydrogen-bond acceptors (Lipinski definition) is 4. The first-order chi connectivity index (χ1) is 11.0. The lowest BCUT2D eigenvalue weighted by atomic mass is 10.1. The van der Waals surface area contributed by atoms with Crippen molar-refractivity contribution in [3.63, 3.8) is 0 Å². The van der Waals surface area contributed by atoms with E-state index in [1.54, 1.807) is 36.1 Å². The number of nitrogens with one attached hydrogen (secondary N) is 1. The zero-order valence-corrected chi connectivity index (χ0v) is 14.4. The van der Waals surface area contributed by atoms with Gasteiger partial charge in [0.15, 0.2) is 0 Å². The molecule has 7 heteroatoms. The molecule has 2 rings (SSSR count). The van der Waals surface area contributed by atoms with Crippen molar-refractivity contribution in [3.8, 4) is 0 Å². The van der Waals surface area contributed by atoms with Crippen molar-refractivity contribution in [2.75, 3.05) is 30.2 Å². The van der Waals surface area contributed by atoms with Crippen LogP contribution in [0.3, 0.4) is 0 Å². The fourth-order valence-electron chi connectivity index (χ4n) is 2.66. The number of carbonyl (C=O) groups excluding carboxylic acids is 1. The number of ether oxygens (including phenoxy) is 1. The van der Waals surface area contributed by atoms with Gasteiger partial charge in [-0.2, -0.15) is 0 Å². The number of carbonyl (C=O) groups is 1. The normalized spacial score (nSPS) is 18.7. The topological polar surface area (TPSA) is 75.7 Å². The highest BCUT2D eigenvalue weighted by Crippen LogP contribution is 2.22. The fraction of sp³-hybridized carbons (Fsp3) is 0.562. The van der Waals surface area contributed by atoms with Gasteiger partial charge in [-0.25, -0.2) is 8.42 Å². The van der Waals surface area contributed by atoms with Crippen molar-refractivity contribution < 1.29 is 17.9 Å². The molecule has 1 atom stereocenters. The summed E-state index contributed by atoms with van der Waals surface area (Å²) >= 11 is 0. The van der Waals surface area contributed by atoms with Gasteiger partial charge in [-0.3, -0.25) is 9.52 Å². The van der Waals surface area contributed by atoms with Crippen LogP contribution in [0.25, 0.3) is 0 Å². The molecule has 1 heterocycles. The van der Waals surface area contributed by atoms with Crippen LogP contribution in [0.2, 0.25) is 0 Å². The molecule has 0 bridgehead atoms. The number of hydrogen-bond donors (Lipinski definition) is 1. The first-order valence-electron chi connectivity index (χ1n) is 7.97. The molecule has 0 aliphatic carbocycles. The molecule has 1 aromatic rings. The quantitative estimate of drug-likeness (QED) is 0.860. The zero-order chi connectivity index (χ0) is 16.9. The van der Waals surface area contributed by atoms with E-state index < -0.39 is 10.0 Å². The highest BCUT2D eigenvalue weighted by Gasteiger charge is 2.26. The van der Waals surface area contributed by atoms with E-state index in [0.717, 1.165) is 12.8 Å². The number of sulfonamides is 1. The van der Waals surface area contributed by atoms with Gasteiger partial charge in [0.1, 0.15) is 0 Å². The lowest BCUT2D eigenvalue weighted by Crippen LogP contribution is -2.43. The second-order valence-electron chi connectivity index (χ2n) is 5.52. The highest BCUT2D eigenvalue weighted by molar-refractivity contribution is 7.92. The van der Waals surface area contributed by atoms with E-state index in [2.05, 4.69) is 4.72 Å². The number of piperidine rings is 1. The average Bonchev–Trinajstić information content (AvgIpc) is 2.55. The molecule has 0 unspecified atom stereocenters. The third-order valence-electron chi connectivity index (χ3n) is 3.87. The van der Waals surface area contributed by atoms with Gasteiger partial charge in [0.05, 0.1) is 23.1 Å². The Morgan fingerprint density at radius 3 is 2.78 bits per heavy atom. The first kappa shape index (κ1) is 17.7. The Morgan fingerprint density at radius 2 is 2.09 bits per heavy atom. The van der Waals surface area contributed by atoms with E-state index in [1.165, 1.54) is 0 Å². The number of benzene rings is 1. The Hall–Kier alpha value is -1.60. The van der Waals surface area contributed by atoms with Crippen LogP contribution in [0.1, 0.15) is 37.0 Å². The van der Waals surface area contributed by atoms with Gasteiger partial charge in [0.2, 0.25) is 10.0 Å². The van der Waals surface area contributed by atoms with Gasteiger partial charge in [-0.15, -0.1) is 0 Å². The summed E-state index contributed by atoms with van der Waals surface area (Å²) in [7, 11) is -3.42. The molecule has 1 N–H and O–H groups in total. The maximum Gasteiger partial charge on any atom is 0.256 e. The summed E-state index contributed by atoms with van der Waals surface area (Å²) in [5, 5.41) is 0. The standard InChI is InChI=1S/C16H24N2O4S/c1-3-22-13-8-7-11-18(12-13)16(19)14-9-5-6-10-15(14)17-23(20,21)4-2/h5-6,9-10,13,17H,3-4,7-8,11-12H2,1-2H3/t13-/m1/s1. The van der Waals surface area contributed by atoms with Crippen molar-refractivity contribution in [3.05, 3.63) is 29.8 Å². The fourth-order valence-corrected chi connectivity index (χ4v) is 3.32. The predicted octanol–water partition coefficient (Wildman–Crippen LogP) is 2.09. The molecule has 1 aliphatic rings. The van der Waals surface area contributed by atoms with Crippen LogP contribution >= 0.6 is 0 Å². The number of rotatable bonds is 6. The third kappa shape index (κ3) is 4.68. The number of anilines is 1. The summed E-state index contributed by atoms with van der Waals surface area (Å²) in [4.78, 5) is 14.5. The zero-order valence-electron chi connectivity index (χ0n) is 13.6. The van der Waals surface area contributed by atoms with Gasteiger partial charge >= 0.3 is 0 Å². The minimum Gasteiger partial charge on any atom is -0.377 e. The van der Waals surface area contributed by atoms with Crippen LogP contribution in [-0.4, -0.2) is 50.8 Å². The Morgan fingerprint density at radius 1 is 1.35 bits per heavy atom. The van der Waals surface area contributed by atoms with Crippen molar-refractivity contribution in [1.29, 1.82) is 0 Å². The van der Waals surface area contributed by atoms with Gasteiger partial charge < -0.3 is 9.64 Å². The molecule has 0 spiro atoms. The highest BCUT2D eigenvalue weighted by atomic mass is 32.2. The average molecular weight is 340 g/mol. The Labute approximate surface area is 137 Å². The summed E-state index contributed by atoms with van der Waals surface area (Å²) in [5.74, 6) is -0.199. The third-order valence-corrected chi connectivity index (χ3v) is 5.16. The summed E-state index contributed by atoms with van der Waals surface area (Å²) in [6.07, 6.45) is 1.89. The summed E-state index contributed by atoms with van der Waals surface area (Å²) in [5.41, 5.74) is 0.708. The maximum absolute atomic E-state index is 12.8. The Kier molecular flexibility index (Phi) is 6.01. The van der Waals surface area contributed by atoms with E-state index >= 15 is 0 Å². The molecule has 128 valence electrons. The molecule has 6 nitrogen and oxygen atoms in total. The monoisotopic (exact) mass is 340 g/mol. The Balaban J connectivity index is 2.19. The van der Waals surface area contributed by atoms with Crippen molar-refractivity contribution >= 4 is 21.6 Å². The molecular weight excluding hydrogens is 316 g/mol. The van der Waals surface area contributed by atoms with Crippen LogP contribution in [0.5, 0.6) is 0 Å². The van der Waals surface area contributed by atoms with Gasteiger partial charge in [0.25, 0.3) is 5.91 Å². The van der Waals surface area contributed by atoms with E-state index in [4.69, 9.17) is 4.74 Å². The Bertz CT molecular complexity index is 643. The number of nitrogens with zero attached hydrogens (tertiary/aromatic N) is 1. The van der Waals surface area contributed by atoms with Gasteiger partial charge in [-0.1, -0.05) is 12.1 Å². The van der Waals surface area contributed by atoms with E-state index in [0.29, 0.717) is 30.9 Å². The van der Waals surface area contributed by atoms with Gasteiger partial charge in [-0.05, 0) is 38.8 Å². The van der Waals surface area contributed by atoms with E-state index in [9.17, 15) is 13.2 Å². The van der Waals surface area contributed by atoms with Crippen LogP contribution in [0.4, 0.5) is 5.69 Å². The minimum absolute atomic E-state index is 0.0361. The molecule has 23 heavy (non-hydrogen) atoms. The largest absolute Gasteiger partial charge is 0.377 e. The summed E-state index contributed by atoms with van der Waals surface area (Å²) in [6, 6.07) is 6.72. The predicted molar refractivity (Wildman–Crippen MR) is 90.1 cm³/mol. The molecule has 1 amide bonds.